The molecule has 1 aromatic carbocycles. The summed E-state index contributed by atoms with van der Waals surface area (Å²) < 4.78 is 0. The molecule has 0 atom stereocenters. The van der Waals surface area contributed by atoms with Crippen molar-refractivity contribution in [2.45, 2.75) is 32.7 Å². The van der Waals surface area contributed by atoms with Crippen LogP contribution in [0.4, 0.5) is 0 Å². The monoisotopic (exact) mass is 262 g/mol. The average Bonchev–Trinajstić information content (AvgIpc) is 2.33. The van der Waals surface area contributed by atoms with E-state index in [1.54, 1.807) is 6.07 Å². The van der Waals surface area contributed by atoms with Crippen molar-refractivity contribution < 1.29 is 0 Å². The third kappa shape index (κ3) is 3.25. The fourth-order valence-corrected chi connectivity index (χ4v) is 2.57. The summed E-state index contributed by atoms with van der Waals surface area (Å²) in [7, 11) is 0. The number of hydrogen-bond donors (Lipinski definition) is 0. The van der Waals surface area contributed by atoms with E-state index in [-0.39, 0.29) is 0 Å². The van der Waals surface area contributed by atoms with Crippen molar-refractivity contribution in [2.75, 3.05) is 13.1 Å². The highest BCUT2D eigenvalue weighted by atomic mass is 35.5. The van der Waals surface area contributed by atoms with Crippen LogP contribution in [0.25, 0.3) is 0 Å². The molecule has 18 heavy (non-hydrogen) atoms. The fourth-order valence-electron chi connectivity index (χ4n) is 2.33. The maximum atomic E-state index is 8.82. The van der Waals surface area contributed by atoms with Gasteiger partial charge >= 0.3 is 0 Å². The van der Waals surface area contributed by atoms with Crippen molar-refractivity contribution in [3.8, 4) is 6.07 Å². The molecule has 1 aliphatic carbocycles. The lowest BCUT2D eigenvalue weighted by molar-refractivity contribution is 0.178. The zero-order valence-electron chi connectivity index (χ0n) is 10.8. The Hall–Kier alpha value is -1.04. The Bertz CT molecular complexity index is 446. The lowest BCUT2D eigenvalue weighted by Gasteiger charge is -2.32. The molecule has 0 amide bonds. The summed E-state index contributed by atoms with van der Waals surface area (Å²) in [6.07, 6.45) is 4.13. The van der Waals surface area contributed by atoms with Gasteiger partial charge in [0.15, 0.2) is 0 Å². The first-order chi connectivity index (χ1) is 8.72. The molecule has 96 valence electrons. The van der Waals surface area contributed by atoms with Crippen molar-refractivity contribution in [1.29, 1.82) is 5.26 Å². The smallest absolute Gasteiger partial charge is 0.0992 e. The Labute approximate surface area is 114 Å². The molecule has 2 rings (SSSR count). The lowest BCUT2D eigenvalue weighted by Crippen LogP contribution is -2.32. The minimum atomic E-state index is 0.630. The van der Waals surface area contributed by atoms with Crippen LogP contribution < -0.4 is 0 Å². The van der Waals surface area contributed by atoms with Crippen molar-refractivity contribution in [2.24, 2.45) is 5.92 Å². The van der Waals surface area contributed by atoms with Crippen molar-refractivity contribution in [1.82, 2.24) is 4.90 Å². The van der Waals surface area contributed by atoms with E-state index < -0.39 is 0 Å². The highest BCUT2D eigenvalue weighted by Crippen LogP contribution is 2.28. The molecule has 1 aliphatic rings. The Morgan fingerprint density at radius 1 is 1.44 bits per heavy atom. The Kier molecular flexibility index (Phi) is 4.63. The van der Waals surface area contributed by atoms with Crippen LogP contribution in [0.1, 0.15) is 37.3 Å². The van der Waals surface area contributed by atoms with E-state index in [4.69, 9.17) is 16.9 Å². The molecule has 0 saturated heterocycles. The van der Waals surface area contributed by atoms with Crippen LogP contribution in [0.2, 0.25) is 5.02 Å². The van der Waals surface area contributed by atoms with E-state index in [1.165, 1.54) is 25.8 Å². The molecule has 1 aromatic rings. The van der Waals surface area contributed by atoms with Gasteiger partial charge in [0.1, 0.15) is 0 Å². The minimum absolute atomic E-state index is 0.630. The van der Waals surface area contributed by atoms with Gasteiger partial charge in [0, 0.05) is 18.1 Å². The summed E-state index contributed by atoms with van der Waals surface area (Å²) in [5, 5.41) is 9.53. The van der Waals surface area contributed by atoms with Crippen molar-refractivity contribution in [3.63, 3.8) is 0 Å². The van der Waals surface area contributed by atoms with Crippen LogP contribution in [0, 0.1) is 17.2 Å². The number of halogens is 1. The summed E-state index contributed by atoms with van der Waals surface area (Å²) in [5.74, 6) is 0.877. The van der Waals surface area contributed by atoms with Gasteiger partial charge in [0.2, 0.25) is 0 Å². The zero-order chi connectivity index (χ0) is 13.0. The molecular weight excluding hydrogens is 244 g/mol. The molecule has 0 N–H and O–H groups in total. The first-order valence-electron chi connectivity index (χ1n) is 6.63. The van der Waals surface area contributed by atoms with Crippen LogP contribution >= 0.6 is 11.6 Å². The third-order valence-electron chi connectivity index (χ3n) is 3.76. The van der Waals surface area contributed by atoms with Crippen LogP contribution in [-0.2, 0) is 6.54 Å². The first-order valence-corrected chi connectivity index (χ1v) is 7.01. The molecule has 0 heterocycles. The molecule has 0 aromatic heterocycles. The van der Waals surface area contributed by atoms with Gasteiger partial charge in [-0.2, -0.15) is 5.26 Å². The molecule has 0 unspecified atom stereocenters. The molecule has 1 fully saturated rings. The molecule has 0 aliphatic heterocycles. The second kappa shape index (κ2) is 6.22. The van der Waals surface area contributed by atoms with E-state index in [1.807, 2.05) is 12.1 Å². The van der Waals surface area contributed by atoms with Crippen molar-refractivity contribution in [3.05, 3.63) is 34.3 Å². The number of rotatable bonds is 5. The van der Waals surface area contributed by atoms with Gasteiger partial charge in [-0.25, -0.2) is 0 Å². The van der Waals surface area contributed by atoms with Crippen molar-refractivity contribution >= 4 is 11.6 Å². The standard InChI is InChI=1S/C15H19ClN2/c1-2-18(10-12-4-3-5-12)11-14-7-6-13(9-17)8-15(14)16/h6-8,12H,2-5,10-11H2,1H3. The van der Waals surface area contributed by atoms with Gasteiger partial charge in [-0.3, -0.25) is 4.90 Å². The summed E-state index contributed by atoms with van der Waals surface area (Å²) >= 11 is 6.22. The molecule has 2 nitrogen and oxygen atoms in total. The Morgan fingerprint density at radius 3 is 2.72 bits per heavy atom. The van der Waals surface area contributed by atoms with Gasteiger partial charge in [-0.1, -0.05) is 31.0 Å². The SMILES string of the molecule is CCN(Cc1ccc(C#N)cc1Cl)CC1CCC1. The van der Waals surface area contributed by atoms with E-state index >= 15 is 0 Å². The van der Waals surface area contributed by atoms with Crippen LogP contribution in [0.3, 0.4) is 0 Å². The maximum absolute atomic E-state index is 8.82. The summed E-state index contributed by atoms with van der Waals surface area (Å²) in [6, 6.07) is 7.69. The van der Waals surface area contributed by atoms with E-state index in [9.17, 15) is 0 Å². The highest BCUT2D eigenvalue weighted by Gasteiger charge is 2.20. The maximum Gasteiger partial charge on any atom is 0.0992 e. The predicted octanol–water partition coefficient (Wildman–Crippen LogP) is 3.83. The number of hydrogen-bond acceptors (Lipinski definition) is 2. The van der Waals surface area contributed by atoms with Gasteiger partial charge in [0.05, 0.1) is 11.6 Å². The van der Waals surface area contributed by atoms with Gasteiger partial charge in [-0.05, 0) is 43.0 Å². The quantitative estimate of drug-likeness (QED) is 0.806. The van der Waals surface area contributed by atoms with Crippen LogP contribution in [0.5, 0.6) is 0 Å². The molecule has 0 radical (unpaired) electrons. The third-order valence-corrected chi connectivity index (χ3v) is 4.12. The van der Waals surface area contributed by atoms with E-state index in [2.05, 4.69) is 17.9 Å². The number of nitrogens with zero attached hydrogens (tertiary/aromatic N) is 2. The van der Waals surface area contributed by atoms with Gasteiger partial charge in [0.25, 0.3) is 0 Å². The molecule has 3 heteroatoms. The van der Waals surface area contributed by atoms with Gasteiger partial charge in [-0.15, -0.1) is 0 Å². The predicted molar refractivity (Wildman–Crippen MR) is 74.5 cm³/mol. The second-order valence-corrected chi connectivity index (χ2v) is 5.45. The van der Waals surface area contributed by atoms with Crippen LogP contribution in [0.15, 0.2) is 18.2 Å². The average molecular weight is 263 g/mol. The summed E-state index contributed by atoms with van der Waals surface area (Å²) in [5.41, 5.74) is 1.75. The molecule has 0 bridgehead atoms. The molecule has 1 saturated carbocycles. The van der Waals surface area contributed by atoms with E-state index in [0.29, 0.717) is 10.6 Å². The largest absolute Gasteiger partial charge is 0.299 e. The Balaban J connectivity index is 2.00. The summed E-state index contributed by atoms with van der Waals surface area (Å²) in [6.45, 7) is 5.30. The zero-order valence-corrected chi connectivity index (χ0v) is 11.6. The highest BCUT2D eigenvalue weighted by molar-refractivity contribution is 6.31. The minimum Gasteiger partial charge on any atom is -0.299 e. The van der Waals surface area contributed by atoms with E-state index in [0.717, 1.165) is 24.6 Å². The number of nitriles is 1. The van der Waals surface area contributed by atoms with Crippen LogP contribution in [-0.4, -0.2) is 18.0 Å². The summed E-state index contributed by atoms with van der Waals surface area (Å²) in [4.78, 5) is 2.44. The number of benzene rings is 1. The topological polar surface area (TPSA) is 27.0 Å². The fraction of sp³-hybridized carbons (Fsp3) is 0.533. The lowest BCUT2D eigenvalue weighted by atomic mass is 9.85. The first kappa shape index (κ1) is 13.4. The second-order valence-electron chi connectivity index (χ2n) is 5.04. The molecule has 0 spiro atoms. The molecular formula is C15H19ClN2. The normalized spacial score (nSPS) is 15.4. The van der Waals surface area contributed by atoms with Gasteiger partial charge < -0.3 is 0 Å². The Morgan fingerprint density at radius 2 is 2.22 bits per heavy atom.